The molecule has 3 aromatic rings. The quantitative estimate of drug-likeness (QED) is 0.586. The first kappa shape index (κ1) is 21.4. The van der Waals surface area contributed by atoms with Crippen LogP contribution < -0.4 is 5.32 Å². The van der Waals surface area contributed by atoms with Crippen molar-refractivity contribution in [2.24, 2.45) is 5.92 Å². The van der Waals surface area contributed by atoms with Crippen LogP contribution in [0.15, 0.2) is 42.6 Å². The van der Waals surface area contributed by atoms with E-state index in [4.69, 9.17) is 0 Å². The van der Waals surface area contributed by atoms with Crippen molar-refractivity contribution in [3.05, 3.63) is 64.7 Å². The van der Waals surface area contributed by atoms with E-state index in [1.54, 1.807) is 12.1 Å². The number of amides is 1. The van der Waals surface area contributed by atoms with Gasteiger partial charge in [-0.05, 0) is 61.9 Å². The van der Waals surface area contributed by atoms with E-state index in [9.17, 15) is 9.18 Å². The molecule has 162 valence electrons. The molecule has 1 N–H and O–H groups in total. The van der Waals surface area contributed by atoms with Crippen LogP contribution in [-0.4, -0.2) is 39.9 Å². The number of likely N-dealkylation sites (tertiary alicyclic amines) is 1. The normalized spacial score (nSPS) is 18.8. The van der Waals surface area contributed by atoms with E-state index < -0.39 is 0 Å². The van der Waals surface area contributed by atoms with Crippen LogP contribution in [0, 0.1) is 25.6 Å². The first-order valence-electron chi connectivity index (χ1n) is 10.6. The molecule has 4 rings (SSSR count). The Kier molecular flexibility index (Phi) is 6.32. The van der Waals surface area contributed by atoms with Gasteiger partial charge in [-0.15, -0.1) is 11.3 Å². The molecule has 2 aromatic heterocycles. The van der Waals surface area contributed by atoms with Crippen LogP contribution in [0.1, 0.15) is 40.8 Å². The first-order chi connectivity index (χ1) is 14.9. The number of benzene rings is 1. The number of hydrogen-bond acceptors (Lipinski definition) is 5. The summed E-state index contributed by atoms with van der Waals surface area (Å²) in [6.45, 7) is 7.44. The minimum Gasteiger partial charge on any atom is -0.368 e. The zero-order valence-corrected chi connectivity index (χ0v) is 18.9. The topological polar surface area (TPSA) is 58.1 Å². The van der Waals surface area contributed by atoms with Gasteiger partial charge in [-0.1, -0.05) is 25.1 Å². The van der Waals surface area contributed by atoms with Crippen LogP contribution in [0.25, 0.3) is 10.4 Å². The van der Waals surface area contributed by atoms with Crippen molar-refractivity contribution < 1.29 is 9.18 Å². The average molecular weight is 439 g/mol. The van der Waals surface area contributed by atoms with Crippen LogP contribution in [0.2, 0.25) is 0 Å². The number of rotatable bonds is 5. The molecule has 1 aliphatic rings. The highest BCUT2D eigenvalue weighted by molar-refractivity contribution is 7.15. The maximum absolute atomic E-state index is 13.6. The number of nitrogens with one attached hydrogen (secondary N) is 1. The van der Waals surface area contributed by atoms with Gasteiger partial charge in [0.15, 0.2) is 0 Å². The van der Waals surface area contributed by atoms with Gasteiger partial charge in [0.1, 0.15) is 17.3 Å². The number of piperidine rings is 1. The summed E-state index contributed by atoms with van der Waals surface area (Å²) in [6.07, 6.45) is 3.89. The Hall–Kier alpha value is -2.80. The molecule has 7 heteroatoms. The van der Waals surface area contributed by atoms with Gasteiger partial charge in [-0.25, -0.2) is 14.4 Å². The minimum absolute atomic E-state index is 0.0485. The highest BCUT2D eigenvalue weighted by atomic mass is 32.1. The molecule has 5 nitrogen and oxygen atoms in total. The van der Waals surface area contributed by atoms with Gasteiger partial charge in [0, 0.05) is 19.3 Å². The second-order valence-corrected chi connectivity index (χ2v) is 9.41. The fourth-order valence-corrected chi connectivity index (χ4v) is 5.01. The van der Waals surface area contributed by atoms with Gasteiger partial charge in [-0.3, -0.25) is 4.79 Å². The highest BCUT2D eigenvalue weighted by Crippen LogP contribution is 2.33. The van der Waals surface area contributed by atoms with E-state index >= 15 is 0 Å². The fraction of sp³-hybridized carbons (Fsp3) is 0.375. The van der Waals surface area contributed by atoms with E-state index in [-0.39, 0.29) is 17.8 Å². The van der Waals surface area contributed by atoms with Gasteiger partial charge in [0.05, 0.1) is 15.9 Å². The third-order valence-corrected chi connectivity index (χ3v) is 6.84. The maximum atomic E-state index is 13.6. The number of aryl methyl sites for hydroxylation is 2. The molecule has 0 aliphatic carbocycles. The Morgan fingerprint density at radius 3 is 2.71 bits per heavy atom. The molecule has 2 atom stereocenters. The lowest BCUT2D eigenvalue weighted by Crippen LogP contribution is -2.51. The minimum atomic E-state index is -0.293. The van der Waals surface area contributed by atoms with Crippen molar-refractivity contribution in [1.29, 1.82) is 0 Å². The molecule has 0 saturated carbocycles. The number of hydrogen-bond donors (Lipinski definition) is 1. The number of carbonyl (C=O) groups excluding carboxylic acids is 1. The van der Waals surface area contributed by atoms with E-state index in [0.717, 1.165) is 39.7 Å². The lowest BCUT2D eigenvalue weighted by atomic mass is 9.90. The smallest absolute Gasteiger partial charge is 0.274 e. The van der Waals surface area contributed by atoms with E-state index in [0.29, 0.717) is 24.7 Å². The van der Waals surface area contributed by atoms with Gasteiger partial charge < -0.3 is 10.2 Å². The van der Waals surface area contributed by atoms with Gasteiger partial charge in [0.25, 0.3) is 5.91 Å². The molecule has 1 saturated heterocycles. The van der Waals surface area contributed by atoms with Crippen LogP contribution in [0.3, 0.4) is 0 Å². The third-order valence-electron chi connectivity index (χ3n) is 5.82. The number of thiazole rings is 1. The lowest BCUT2D eigenvalue weighted by Gasteiger charge is -2.40. The summed E-state index contributed by atoms with van der Waals surface area (Å²) in [4.78, 5) is 25.4. The monoisotopic (exact) mass is 438 g/mol. The summed E-state index contributed by atoms with van der Waals surface area (Å²) in [5, 5.41) is 4.23. The fourth-order valence-electron chi connectivity index (χ4n) is 4.10. The Bertz CT molecular complexity index is 1050. The molecule has 1 fully saturated rings. The molecule has 1 unspecified atom stereocenters. The summed E-state index contributed by atoms with van der Waals surface area (Å²) in [6, 6.07) is 10.3. The Morgan fingerprint density at radius 1 is 1.23 bits per heavy atom. The molecule has 0 spiro atoms. The molecule has 1 aliphatic heterocycles. The number of anilines is 1. The summed E-state index contributed by atoms with van der Waals surface area (Å²) in [7, 11) is 0. The zero-order chi connectivity index (χ0) is 22.0. The highest BCUT2D eigenvalue weighted by Gasteiger charge is 2.34. The van der Waals surface area contributed by atoms with Crippen molar-refractivity contribution in [3.8, 4) is 10.4 Å². The van der Waals surface area contributed by atoms with Crippen LogP contribution in [-0.2, 0) is 0 Å². The van der Waals surface area contributed by atoms with Crippen LogP contribution in [0.5, 0.6) is 0 Å². The first-order valence-corrected chi connectivity index (χ1v) is 11.4. The zero-order valence-electron chi connectivity index (χ0n) is 18.1. The van der Waals surface area contributed by atoms with Gasteiger partial charge >= 0.3 is 0 Å². The largest absolute Gasteiger partial charge is 0.368 e. The molecule has 0 bridgehead atoms. The maximum Gasteiger partial charge on any atom is 0.274 e. The van der Waals surface area contributed by atoms with Crippen molar-refractivity contribution >= 4 is 23.1 Å². The molecule has 3 heterocycles. The molecule has 1 aromatic carbocycles. The predicted octanol–water partition coefficient (Wildman–Crippen LogP) is 5.31. The molecular weight excluding hydrogens is 411 g/mol. The second kappa shape index (κ2) is 9.14. The second-order valence-electron chi connectivity index (χ2n) is 8.20. The Labute approximate surface area is 186 Å². The summed E-state index contributed by atoms with van der Waals surface area (Å²) < 4.78 is 13.4. The number of pyridine rings is 1. The van der Waals surface area contributed by atoms with Crippen molar-refractivity contribution in [2.45, 2.75) is 39.7 Å². The molecule has 1 amide bonds. The van der Waals surface area contributed by atoms with Crippen LogP contribution >= 0.6 is 11.3 Å². The molecule has 31 heavy (non-hydrogen) atoms. The number of halogens is 1. The predicted molar refractivity (Wildman–Crippen MR) is 123 cm³/mol. The van der Waals surface area contributed by atoms with E-state index in [2.05, 4.69) is 22.2 Å². The summed E-state index contributed by atoms with van der Waals surface area (Å²) >= 11 is 1.47. The average Bonchev–Trinajstić information content (AvgIpc) is 3.15. The SMILES string of the molecule is Cc1ccc(NC[C@@H]2C(C)CCCN2C(=O)c2nc(C)sc2-c2ccc(F)cc2)nc1. The lowest BCUT2D eigenvalue weighted by molar-refractivity contribution is 0.0535. The third kappa shape index (κ3) is 4.77. The van der Waals surface area contributed by atoms with E-state index in [1.807, 2.05) is 37.1 Å². The number of nitrogens with zero attached hydrogens (tertiary/aromatic N) is 3. The van der Waals surface area contributed by atoms with Crippen molar-refractivity contribution in [1.82, 2.24) is 14.9 Å². The van der Waals surface area contributed by atoms with E-state index in [1.165, 1.54) is 23.5 Å². The van der Waals surface area contributed by atoms with Crippen molar-refractivity contribution in [3.63, 3.8) is 0 Å². The number of carbonyl (C=O) groups is 1. The molecular formula is C24H27FN4OS. The van der Waals surface area contributed by atoms with Gasteiger partial charge in [-0.2, -0.15) is 0 Å². The van der Waals surface area contributed by atoms with Crippen LogP contribution in [0.4, 0.5) is 10.2 Å². The summed E-state index contributed by atoms with van der Waals surface area (Å²) in [5.74, 6) is 0.828. The van der Waals surface area contributed by atoms with Gasteiger partial charge in [0.2, 0.25) is 0 Å². The Morgan fingerprint density at radius 2 is 2.00 bits per heavy atom. The number of aromatic nitrogens is 2. The standard InChI is InChI=1S/C24H27FN4OS/c1-15-6-11-21(26-13-15)27-14-20-16(2)5-4-12-29(20)24(30)22-23(31-17(3)28-22)18-7-9-19(25)10-8-18/h6-11,13,16,20H,4-5,12,14H2,1-3H3,(H,26,27)/t16?,20-/m1/s1. The molecule has 0 radical (unpaired) electrons. The Balaban J connectivity index is 1.58. The van der Waals surface area contributed by atoms with Crippen molar-refractivity contribution in [2.75, 3.05) is 18.4 Å². The summed E-state index contributed by atoms with van der Waals surface area (Å²) in [5.41, 5.74) is 2.39.